The molecular formula is C25H19ClFNO3. The van der Waals surface area contributed by atoms with Crippen LogP contribution in [0.5, 0.6) is 0 Å². The Hall–Kier alpha value is -3.44. The first-order valence-corrected chi connectivity index (χ1v) is 10.2. The van der Waals surface area contributed by atoms with E-state index in [2.05, 4.69) is 0 Å². The maximum Gasteiger partial charge on any atom is 0.294 e. The molecule has 31 heavy (non-hydrogen) atoms. The third kappa shape index (κ3) is 4.09. The van der Waals surface area contributed by atoms with Gasteiger partial charge < -0.3 is 5.11 Å². The molecule has 0 fully saturated rings. The zero-order valence-corrected chi connectivity index (χ0v) is 17.2. The summed E-state index contributed by atoms with van der Waals surface area (Å²) < 4.78 is 14.8. The van der Waals surface area contributed by atoms with Gasteiger partial charge in [0.05, 0.1) is 11.6 Å². The average Bonchev–Trinajstić information content (AvgIpc) is 3.04. The molecule has 1 aliphatic rings. The van der Waals surface area contributed by atoms with Crippen LogP contribution in [0.4, 0.5) is 10.1 Å². The number of halogens is 2. The number of carbonyl (C=O) groups is 2. The standard InChI is InChI=1S/C25H19ClFNO3/c26-17-9-6-10-18(15-17)28-23(19-11-4-5-12-20(19)27)22(24(30)25(28)31)21(29)14-13-16-7-2-1-3-8-16/h1-12,15,23,30H,13-14H2. The number of hydrogen-bond donors (Lipinski definition) is 1. The summed E-state index contributed by atoms with van der Waals surface area (Å²) in [6.45, 7) is 0. The van der Waals surface area contributed by atoms with E-state index in [-0.39, 0.29) is 17.6 Å². The fourth-order valence-corrected chi connectivity index (χ4v) is 4.00. The van der Waals surface area contributed by atoms with Crippen molar-refractivity contribution in [3.63, 3.8) is 0 Å². The second-order valence-corrected chi connectivity index (χ2v) is 7.69. The van der Waals surface area contributed by atoms with Crippen LogP contribution in [0.15, 0.2) is 90.2 Å². The summed E-state index contributed by atoms with van der Waals surface area (Å²) in [6.07, 6.45) is 0.511. The van der Waals surface area contributed by atoms with Gasteiger partial charge in [-0.1, -0.05) is 66.2 Å². The monoisotopic (exact) mass is 435 g/mol. The Morgan fingerprint density at radius 1 is 1.00 bits per heavy atom. The van der Waals surface area contributed by atoms with Crippen molar-refractivity contribution in [1.82, 2.24) is 0 Å². The molecule has 1 aliphatic heterocycles. The van der Waals surface area contributed by atoms with Gasteiger partial charge in [0.1, 0.15) is 5.82 Å². The second-order valence-electron chi connectivity index (χ2n) is 7.25. The van der Waals surface area contributed by atoms with Crippen LogP contribution in [0.25, 0.3) is 0 Å². The van der Waals surface area contributed by atoms with Crippen molar-refractivity contribution >= 4 is 29.0 Å². The van der Waals surface area contributed by atoms with Gasteiger partial charge in [-0.05, 0) is 36.2 Å². The molecule has 0 radical (unpaired) electrons. The number of aryl methyl sites for hydroxylation is 1. The third-order valence-corrected chi connectivity index (χ3v) is 5.51. The maximum absolute atomic E-state index is 14.8. The first-order chi connectivity index (χ1) is 15.0. The van der Waals surface area contributed by atoms with Crippen LogP contribution in [-0.4, -0.2) is 16.8 Å². The van der Waals surface area contributed by atoms with Crippen LogP contribution in [0.1, 0.15) is 23.6 Å². The number of rotatable bonds is 6. The van der Waals surface area contributed by atoms with Gasteiger partial charge >= 0.3 is 0 Å². The minimum absolute atomic E-state index is 0.0744. The average molecular weight is 436 g/mol. The summed E-state index contributed by atoms with van der Waals surface area (Å²) in [6, 6.07) is 20.7. The van der Waals surface area contributed by atoms with E-state index >= 15 is 0 Å². The molecule has 0 aliphatic carbocycles. The number of carbonyl (C=O) groups excluding carboxylic acids is 2. The van der Waals surface area contributed by atoms with E-state index in [0.29, 0.717) is 17.1 Å². The number of benzene rings is 3. The van der Waals surface area contributed by atoms with Gasteiger partial charge in [0.2, 0.25) is 0 Å². The summed E-state index contributed by atoms with van der Waals surface area (Å²) in [5.41, 5.74) is 1.34. The molecule has 6 heteroatoms. The Labute approximate surface area is 184 Å². The predicted molar refractivity (Wildman–Crippen MR) is 118 cm³/mol. The molecule has 1 atom stereocenters. The smallest absolute Gasteiger partial charge is 0.294 e. The minimum Gasteiger partial charge on any atom is -0.503 e. The van der Waals surface area contributed by atoms with Gasteiger partial charge in [-0.3, -0.25) is 14.5 Å². The van der Waals surface area contributed by atoms with Crippen LogP contribution in [0.3, 0.4) is 0 Å². The molecule has 0 aromatic heterocycles. The van der Waals surface area contributed by atoms with Crippen LogP contribution < -0.4 is 4.90 Å². The molecule has 1 unspecified atom stereocenters. The molecule has 1 heterocycles. The molecule has 4 nitrogen and oxygen atoms in total. The maximum atomic E-state index is 14.8. The Morgan fingerprint density at radius 2 is 1.71 bits per heavy atom. The normalized spacial score (nSPS) is 16.1. The predicted octanol–water partition coefficient (Wildman–Crippen LogP) is 5.58. The zero-order valence-electron chi connectivity index (χ0n) is 16.5. The van der Waals surface area contributed by atoms with Crippen molar-refractivity contribution in [3.05, 3.63) is 112 Å². The molecule has 1 amide bonds. The number of Topliss-reactive ketones (excluding diaryl/α,β-unsaturated/α-hetero) is 1. The van der Waals surface area contributed by atoms with Crippen LogP contribution >= 0.6 is 11.6 Å². The molecule has 0 bridgehead atoms. The largest absolute Gasteiger partial charge is 0.503 e. The lowest BCUT2D eigenvalue weighted by Gasteiger charge is -2.27. The molecule has 0 saturated heterocycles. The first-order valence-electron chi connectivity index (χ1n) is 9.81. The highest BCUT2D eigenvalue weighted by atomic mass is 35.5. The van der Waals surface area contributed by atoms with Crippen LogP contribution in [-0.2, 0) is 16.0 Å². The van der Waals surface area contributed by atoms with Crippen molar-refractivity contribution < 1.29 is 19.1 Å². The van der Waals surface area contributed by atoms with Crippen molar-refractivity contribution in [1.29, 1.82) is 0 Å². The number of hydrogen-bond acceptors (Lipinski definition) is 3. The fraction of sp³-hybridized carbons (Fsp3) is 0.120. The van der Waals surface area contributed by atoms with Gasteiger partial charge in [0, 0.05) is 22.7 Å². The van der Waals surface area contributed by atoms with Crippen LogP contribution in [0.2, 0.25) is 5.02 Å². The van der Waals surface area contributed by atoms with E-state index in [1.54, 1.807) is 24.3 Å². The van der Waals surface area contributed by atoms with E-state index in [4.69, 9.17) is 11.6 Å². The second kappa shape index (κ2) is 8.74. The van der Waals surface area contributed by atoms with Gasteiger partial charge in [0.15, 0.2) is 11.5 Å². The molecule has 1 N–H and O–H groups in total. The summed E-state index contributed by atoms with van der Waals surface area (Å²) >= 11 is 6.09. The summed E-state index contributed by atoms with van der Waals surface area (Å²) in [5.74, 6) is -2.41. The highest BCUT2D eigenvalue weighted by Crippen LogP contribution is 2.42. The van der Waals surface area contributed by atoms with E-state index in [1.165, 1.54) is 29.2 Å². The fourth-order valence-electron chi connectivity index (χ4n) is 3.81. The Morgan fingerprint density at radius 3 is 2.42 bits per heavy atom. The highest BCUT2D eigenvalue weighted by molar-refractivity contribution is 6.31. The van der Waals surface area contributed by atoms with Gasteiger partial charge in [-0.25, -0.2) is 4.39 Å². The molecule has 3 aromatic carbocycles. The Kier molecular flexibility index (Phi) is 5.87. The summed E-state index contributed by atoms with van der Waals surface area (Å²) in [7, 11) is 0. The van der Waals surface area contributed by atoms with E-state index in [0.717, 1.165) is 5.56 Å². The lowest BCUT2D eigenvalue weighted by atomic mass is 9.92. The first kappa shape index (κ1) is 20.8. The van der Waals surface area contributed by atoms with Crippen molar-refractivity contribution in [2.45, 2.75) is 18.9 Å². The SMILES string of the molecule is O=C(CCc1ccccc1)C1=C(O)C(=O)N(c2cccc(Cl)c2)C1c1ccccc1F. The third-order valence-electron chi connectivity index (χ3n) is 5.28. The van der Waals surface area contributed by atoms with Gasteiger partial charge in [0.25, 0.3) is 5.91 Å². The number of ketones is 1. The minimum atomic E-state index is -1.09. The van der Waals surface area contributed by atoms with E-state index in [1.807, 2.05) is 30.3 Å². The molecule has 0 spiro atoms. The van der Waals surface area contributed by atoms with Gasteiger partial charge in [-0.2, -0.15) is 0 Å². The summed E-state index contributed by atoms with van der Waals surface area (Å²) in [5, 5.41) is 11.0. The lowest BCUT2D eigenvalue weighted by molar-refractivity contribution is -0.118. The molecule has 4 rings (SSSR count). The van der Waals surface area contributed by atoms with Crippen molar-refractivity contribution in [3.8, 4) is 0 Å². The highest BCUT2D eigenvalue weighted by Gasteiger charge is 2.45. The number of amides is 1. The zero-order chi connectivity index (χ0) is 22.0. The topological polar surface area (TPSA) is 57.6 Å². The molecule has 0 saturated carbocycles. The molecule has 3 aromatic rings. The summed E-state index contributed by atoms with van der Waals surface area (Å²) in [4.78, 5) is 27.4. The number of aliphatic hydroxyl groups excluding tert-OH is 1. The molecule has 156 valence electrons. The van der Waals surface area contributed by atoms with Crippen molar-refractivity contribution in [2.24, 2.45) is 0 Å². The Bertz CT molecular complexity index is 1180. The quantitative estimate of drug-likeness (QED) is 0.549. The van der Waals surface area contributed by atoms with E-state index < -0.39 is 29.3 Å². The number of nitrogens with zero attached hydrogens (tertiary/aromatic N) is 1. The van der Waals surface area contributed by atoms with Gasteiger partial charge in [-0.15, -0.1) is 0 Å². The van der Waals surface area contributed by atoms with E-state index in [9.17, 15) is 19.1 Å². The number of anilines is 1. The Balaban J connectivity index is 1.75. The number of aliphatic hydroxyl groups is 1. The van der Waals surface area contributed by atoms with Crippen molar-refractivity contribution in [2.75, 3.05) is 4.90 Å². The molecular weight excluding hydrogens is 417 g/mol. The van der Waals surface area contributed by atoms with Crippen LogP contribution in [0, 0.1) is 5.82 Å². The lowest BCUT2D eigenvalue weighted by Crippen LogP contribution is -2.31.